The van der Waals surface area contributed by atoms with E-state index in [0.29, 0.717) is 5.92 Å². The second kappa shape index (κ2) is 10.1. The number of hydrogen-bond acceptors (Lipinski definition) is 2. The molecule has 0 bridgehead atoms. The first-order valence-corrected chi connectivity index (χ1v) is 13.5. The van der Waals surface area contributed by atoms with E-state index in [1.165, 1.54) is 28.5 Å². The summed E-state index contributed by atoms with van der Waals surface area (Å²) in [6, 6.07) is 25.2. The largest absolute Gasteiger partial charge is 0.326 e. The molecule has 0 spiro atoms. The summed E-state index contributed by atoms with van der Waals surface area (Å²) >= 11 is 6.29. The first-order valence-electron chi connectivity index (χ1n) is 13.1. The highest BCUT2D eigenvalue weighted by Gasteiger charge is 2.26. The third-order valence-corrected chi connectivity index (χ3v) is 8.20. The third kappa shape index (κ3) is 4.80. The van der Waals surface area contributed by atoms with Gasteiger partial charge in [-0.25, -0.2) is 0 Å². The number of hydrogen-bond donors (Lipinski definition) is 1. The maximum absolute atomic E-state index is 12.4. The molecule has 0 radical (unpaired) electrons. The molecule has 1 saturated carbocycles. The molecule has 2 aliphatic rings. The molecular formula is C31H32ClN3O. The van der Waals surface area contributed by atoms with E-state index in [-0.39, 0.29) is 11.8 Å². The summed E-state index contributed by atoms with van der Waals surface area (Å²) < 4.78 is 2.26. The van der Waals surface area contributed by atoms with Crippen LogP contribution in [0, 0.1) is 5.92 Å². The minimum Gasteiger partial charge on any atom is -0.326 e. The van der Waals surface area contributed by atoms with Crippen molar-refractivity contribution in [3.8, 4) is 5.69 Å². The predicted octanol–water partition coefficient (Wildman–Crippen LogP) is 7.40. The van der Waals surface area contributed by atoms with Crippen LogP contribution in [0.3, 0.4) is 0 Å². The number of fused-ring (bicyclic) bond motifs is 1. The molecule has 1 saturated heterocycles. The Bertz CT molecular complexity index is 1380. The number of anilines is 1. The Hall–Kier alpha value is -3.08. The van der Waals surface area contributed by atoms with E-state index >= 15 is 0 Å². The number of nitrogens with zero attached hydrogens (tertiary/aromatic N) is 2. The van der Waals surface area contributed by atoms with Crippen LogP contribution in [-0.4, -0.2) is 28.5 Å². The highest BCUT2D eigenvalue weighted by atomic mass is 35.5. The lowest BCUT2D eigenvalue weighted by Gasteiger charge is -2.32. The second-order valence-electron chi connectivity index (χ2n) is 10.3. The van der Waals surface area contributed by atoms with Crippen molar-refractivity contribution >= 4 is 34.1 Å². The van der Waals surface area contributed by atoms with Crippen molar-refractivity contribution in [3.63, 3.8) is 0 Å². The minimum absolute atomic E-state index is 0.185. The summed E-state index contributed by atoms with van der Waals surface area (Å²) in [6.45, 7) is 3.08. The number of amides is 1. The van der Waals surface area contributed by atoms with Crippen LogP contribution in [0.15, 0.2) is 79.0 Å². The number of piperidine rings is 1. The molecule has 6 rings (SSSR count). The van der Waals surface area contributed by atoms with E-state index in [2.05, 4.69) is 69.5 Å². The van der Waals surface area contributed by atoms with Crippen LogP contribution < -0.4 is 5.32 Å². The van der Waals surface area contributed by atoms with Gasteiger partial charge in [0.25, 0.3) is 0 Å². The van der Waals surface area contributed by atoms with Crippen molar-refractivity contribution in [3.05, 3.63) is 95.1 Å². The molecule has 0 atom stereocenters. The maximum atomic E-state index is 12.4. The summed E-state index contributed by atoms with van der Waals surface area (Å²) in [7, 11) is 0. The monoisotopic (exact) mass is 497 g/mol. The van der Waals surface area contributed by atoms with E-state index < -0.39 is 0 Å². The maximum Gasteiger partial charge on any atom is 0.227 e. The van der Waals surface area contributed by atoms with Crippen LogP contribution in [0.25, 0.3) is 16.6 Å². The average Bonchev–Trinajstić information content (AvgIpc) is 3.22. The number of rotatable bonds is 6. The Labute approximate surface area is 217 Å². The molecule has 1 amide bonds. The molecule has 1 aliphatic carbocycles. The van der Waals surface area contributed by atoms with Crippen molar-refractivity contribution in [2.75, 3.05) is 18.4 Å². The number of carbonyl (C=O) groups is 1. The second-order valence-corrected chi connectivity index (χ2v) is 10.8. The number of aromatic nitrogens is 1. The van der Waals surface area contributed by atoms with Crippen LogP contribution in [0.2, 0.25) is 5.02 Å². The molecule has 3 aromatic carbocycles. The summed E-state index contributed by atoms with van der Waals surface area (Å²) in [5.41, 5.74) is 5.95. The Morgan fingerprint density at radius 2 is 1.72 bits per heavy atom. The van der Waals surface area contributed by atoms with E-state index in [9.17, 15) is 4.79 Å². The van der Waals surface area contributed by atoms with Gasteiger partial charge in [0, 0.05) is 40.4 Å². The molecule has 4 nitrogen and oxygen atoms in total. The van der Waals surface area contributed by atoms with Crippen molar-refractivity contribution in [1.82, 2.24) is 9.47 Å². The molecule has 0 unspecified atom stereocenters. The zero-order valence-corrected chi connectivity index (χ0v) is 21.3. The SMILES string of the molecule is O=C(Nc1cccc(C2CCN(Cc3cn(-c4cccc(Cl)c4)c4ccccc34)CC2)c1)C1CCC1. The molecule has 2 fully saturated rings. The summed E-state index contributed by atoms with van der Waals surface area (Å²) in [6.07, 6.45) is 7.78. The Morgan fingerprint density at radius 3 is 2.50 bits per heavy atom. The molecule has 1 aliphatic heterocycles. The molecular weight excluding hydrogens is 466 g/mol. The van der Waals surface area contributed by atoms with Gasteiger partial charge in [0.05, 0.1) is 5.52 Å². The van der Waals surface area contributed by atoms with Gasteiger partial charge in [-0.05, 0) is 92.2 Å². The van der Waals surface area contributed by atoms with Gasteiger partial charge in [0.1, 0.15) is 0 Å². The standard InChI is InChI=1S/C31H32ClN3O/c32-26-9-5-11-28(19-26)35-21-25(29-12-1-2-13-30(29)35)20-34-16-14-22(15-17-34)24-8-4-10-27(18-24)33-31(36)23-6-3-7-23/h1-2,4-5,8-13,18-19,21-23H,3,6-7,14-17,20H2,(H,33,36). The number of benzene rings is 3. The quantitative estimate of drug-likeness (QED) is 0.301. The lowest BCUT2D eigenvalue weighted by molar-refractivity contribution is -0.122. The number of likely N-dealkylation sites (tertiary alicyclic amines) is 1. The van der Waals surface area contributed by atoms with Gasteiger partial charge in [0.2, 0.25) is 5.91 Å². The van der Waals surface area contributed by atoms with Gasteiger partial charge in [-0.2, -0.15) is 0 Å². The van der Waals surface area contributed by atoms with Gasteiger partial charge in [0.15, 0.2) is 0 Å². The van der Waals surface area contributed by atoms with Gasteiger partial charge >= 0.3 is 0 Å². The Kier molecular flexibility index (Phi) is 6.56. The van der Waals surface area contributed by atoms with Crippen LogP contribution in [0.5, 0.6) is 0 Å². The number of halogens is 1. The molecule has 1 aromatic heterocycles. The molecule has 36 heavy (non-hydrogen) atoms. The fourth-order valence-corrected chi connectivity index (χ4v) is 5.85. The van der Waals surface area contributed by atoms with Crippen molar-refractivity contribution < 1.29 is 4.79 Å². The van der Waals surface area contributed by atoms with Gasteiger partial charge in [-0.1, -0.05) is 54.4 Å². The van der Waals surface area contributed by atoms with Gasteiger partial charge < -0.3 is 9.88 Å². The molecule has 1 N–H and O–H groups in total. The van der Waals surface area contributed by atoms with Crippen LogP contribution >= 0.6 is 11.6 Å². The van der Waals surface area contributed by atoms with Crippen molar-refractivity contribution in [2.45, 2.75) is 44.6 Å². The predicted molar refractivity (Wildman–Crippen MR) is 148 cm³/mol. The van der Waals surface area contributed by atoms with Crippen molar-refractivity contribution in [1.29, 1.82) is 0 Å². The van der Waals surface area contributed by atoms with Crippen molar-refractivity contribution in [2.24, 2.45) is 5.92 Å². The van der Waals surface area contributed by atoms with E-state index in [1.807, 2.05) is 24.3 Å². The zero-order valence-electron chi connectivity index (χ0n) is 20.5. The fraction of sp³-hybridized carbons (Fsp3) is 0.323. The number of nitrogens with one attached hydrogen (secondary N) is 1. The van der Waals surface area contributed by atoms with Gasteiger partial charge in [-0.15, -0.1) is 0 Å². The number of carbonyl (C=O) groups excluding carboxylic acids is 1. The highest BCUT2D eigenvalue weighted by molar-refractivity contribution is 6.30. The summed E-state index contributed by atoms with van der Waals surface area (Å²) in [4.78, 5) is 14.9. The molecule has 184 valence electrons. The lowest BCUT2D eigenvalue weighted by atomic mass is 9.84. The Morgan fingerprint density at radius 1 is 0.917 bits per heavy atom. The molecule has 5 heteroatoms. The lowest BCUT2D eigenvalue weighted by Crippen LogP contribution is -2.32. The Balaban J connectivity index is 1.13. The summed E-state index contributed by atoms with van der Waals surface area (Å²) in [5, 5.41) is 5.19. The average molecular weight is 498 g/mol. The molecule has 2 heterocycles. The topological polar surface area (TPSA) is 37.3 Å². The zero-order chi connectivity index (χ0) is 24.5. The van der Waals surface area contributed by atoms with Crippen LogP contribution in [0.1, 0.15) is 49.1 Å². The number of para-hydroxylation sites is 1. The first-order chi connectivity index (χ1) is 17.6. The minimum atomic E-state index is 0.185. The summed E-state index contributed by atoms with van der Waals surface area (Å²) in [5.74, 6) is 0.932. The van der Waals surface area contributed by atoms with Crippen LogP contribution in [-0.2, 0) is 11.3 Å². The normalized spacial score (nSPS) is 17.2. The smallest absolute Gasteiger partial charge is 0.227 e. The van der Waals surface area contributed by atoms with Gasteiger partial charge in [-0.3, -0.25) is 9.69 Å². The van der Waals surface area contributed by atoms with E-state index in [0.717, 1.165) is 61.7 Å². The fourth-order valence-electron chi connectivity index (χ4n) is 5.67. The third-order valence-electron chi connectivity index (χ3n) is 7.96. The first kappa shape index (κ1) is 23.3. The van der Waals surface area contributed by atoms with E-state index in [1.54, 1.807) is 0 Å². The highest BCUT2D eigenvalue weighted by Crippen LogP contribution is 2.33. The molecule has 4 aromatic rings. The van der Waals surface area contributed by atoms with E-state index in [4.69, 9.17) is 11.6 Å². The van der Waals surface area contributed by atoms with Crippen LogP contribution in [0.4, 0.5) is 5.69 Å².